The zero-order chi connectivity index (χ0) is 20.4. The Labute approximate surface area is 164 Å². The number of piperidine rings is 1. The van der Waals surface area contributed by atoms with Crippen molar-refractivity contribution in [2.45, 2.75) is 39.7 Å². The third-order valence-electron chi connectivity index (χ3n) is 5.25. The number of hydrogen-bond donors (Lipinski definition) is 0. The SMILES string of the molecule is CCN(C(=O)N1CCC(C(=O)ON2C(=O)c3ccccc3C2=O)CC1)C(C)C. The van der Waals surface area contributed by atoms with Crippen molar-refractivity contribution in [1.29, 1.82) is 0 Å². The Bertz CT molecular complexity index is 764. The summed E-state index contributed by atoms with van der Waals surface area (Å²) in [6.07, 6.45) is 0.868. The van der Waals surface area contributed by atoms with Crippen molar-refractivity contribution in [2.24, 2.45) is 5.92 Å². The summed E-state index contributed by atoms with van der Waals surface area (Å²) in [5, 5.41) is 0.544. The summed E-state index contributed by atoms with van der Waals surface area (Å²) in [6, 6.07) is 6.43. The number of hydroxylamine groups is 2. The Balaban J connectivity index is 1.57. The molecule has 0 bridgehead atoms. The molecule has 1 aromatic rings. The van der Waals surface area contributed by atoms with Crippen molar-refractivity contribution >= 4 is 23.8 Å². The molecule has 1 aromatic carbocycles. The van der Waals surface area contributed by atoms with Crippen LogP contribution in [0.1, 0.15) is 54.3 Å². The molecule has 0 unspecified atom stereocenters. The van der Waals surface area contributed by atoms with Crippen molar-refractivity contribution in [1.82, 2.24) is 14.9 Å². The summed E-state index contributed by atoms with van der Waals surface area (Å²) in [5.74, 6) is -2.32. The average molecular weight is 387 g/mol. The highest BCUT2D eigenvalue weighted by atomic mass is 16.7. The van der Waals surface area contributed by atoms with Gasteiger partial charge >= 0.3 is 12.0 Å². The van der Waals surface area contributed by atoms with Crippen molar-refractivity contribution < 1.29 is 24.0 Å². The minimum atomic E-state index is -0.628. The number of likely N-dealkylation sites (tertiary alicyclic amines) is 1. The third kappa shape index (κ3) is 3.58. The molecule has 2 aliphatic heterocycles. The van der Waals surface area contributed by atoms with Crippen LogP contribution in [0.25, 0.3) is 0 Å². The first-order chi connectivity index (χ1) is 13.3. The number of fused-ring (bicyclic) bond motifs is 1. The minimum absolute atomic E-state index is 0.0373. The molecule has 2 heterocycles. The smallest absolute Gasteiger partial charge is 0.329 e. The van der Waals surface area contributed by atoms with Gasteiger partial charge in [0.25, 0.3) is 11.8 Å². The van der Waals surface area contributed by atoms with Crippen molar-refractivity contribution in [3.63, 3.8) is 0 Å². The lowest BCUT2D eigenvalue weighted by molar-refractivity contribution is -0.175. The van der Waals surface area contributed by atoms with E-state index in [9.17, 15) is 19.2 Å². The number of hydrogen-bond acceptors (Lipinski definition) is 5. The van der Waals surface area contributed by atoms with E-state index in [4.69, 9.17) is 4.84 Å². The van der Waals surface area contributed by atoms with E-state index in [1.54, 1.807) is 21.9 Å². The topological polar surface area (TPSA) is 87.2 Å². The van der Waals surface area contributed by atoms with E-state index in [1.807, 2.05) is 20.8 Å². The second-order valence-electron chi connectivity index (χ2n) is 7.28. The van der Waals surface area contributed by atoms with Gasteiger partial charge in [-0.25, -0.2) is 9.59 Å². The van der Waals surface area contributed by atoms with Gasteiger partial charge in [0.05, 0.1) is 17.0 Å². The van der Waals surface area contributed by atoms with E-state index in [0.29, 0.717) is 37.5 Å². The van der Waals surface area contributed by atoms with E-state index >= 15 is 0 Å². The maximum absolute atomic E-state index is 12.6. The van der Waals surface area contributed by atoms with E-state index in [2.05, 4.69) is 0 Å². The maximum Gasteiger partial charge on any atom is 0.336 e. The maximum atomic E-state index is 12.6. The summed E-state index contributed by atoms with van der Waals surface area (Å²) in [6.45, 7) is 7.36. The van der Waals surface area contributed by atoms with Crippen LogP contribution in [0.4, 0.5) is 4.79 Å². The molecule has 1 fully saturated rings. The molecule has 28 heavy (non-hydrogen) atoms. The molecule has 1 saturated heterocycles. The van der Waals surface area contributed by atoms with Crippen LogP contribution in [0.3, 0.4) is 0 Å². The molecule has 0 atom stereocenters. The molecule has 3 rings (SSSR count). The van der Waals surface area contributed by atoms with Crippen molar-refractivity contribution in [2.75, 3.05) is 19.6 Å². The molecular weight excluding hydrogens is 362 g/mol. The van der Waals surface area contributed by atoms with Crippen LogP contribution in [0.5, 0.6) is 0 Å². The molecular formula is C20H25N3O5. The zero-order valence-electron chi connectivity index (χ0n) is 16.4. The first-order valence-electron chi connectivity index (χ1n) is 9.60. The molecule has 4 amide bonds. The molecule has 150 valence electrons. The van der Waals surface area contributed by atoms with Gasteiger partial charge in [0, 0.05) is 25.7 Å². The highest BCUT2D eigenvalue weighted by molar-refractivity contribution is 6.20. The van der Waals surface area contributed by atoms with E-state index < -0.39 is 23.7 Å². The lowest BCUT2D eigenvalue weighted by atomic mass is 9.97. The highest BCUT2D eigenvalue weighted by Gasteiger charge is 2.40. The molecule has 8 heteroatoms. The summed E-state index contributed by atoms with van der Waals surface area (Å²) in [7, 11) is 0. The van der Waals surface area contributed by atoms with Crippen molar-refractivity contribution in [3.8, 4) is 0 Å². The number of amides is 4. The monoisotopic (exact) mass is 387 g/mol. The van der Waals surface area contributed by atoms with Gasteiger partial charge in [-0.3, -0.25) is 9.59 Å². The van der Waals surface area contributed by atoms with Crippen LogP contribution < -0.4 is 0 Å². The normalized spacial score (nSPS) is 17.1. The second kappa shape index (κ2) is 8.00. The number of rotatable bonds is 4. The van der Waals surface area contributed by atoms with Gasteiger partial charge in [0.2, 0.25) is 0 Å². The molecule has 8 nitrogen and oxygen atoms in total. The zero-order valence-corrected chi connectivity index (χ0v) is 16.4. The molecule has 0 aliphatic carbocycles. The Morgan fingerprint density at radius 3 is 2.11 bits per heavy atom. The van der Waals surface area contributed by atoms with Gasteiger partial charge in [-0.2, -0.15) is 0 Å². The standard InChI is InChI=1S/C20H25N3O5/c1-4-22(13(2)3)20(27)21-11-9-14(10-12-21)19(26)28-23-17(24)15-7-5-6-8-16(15)18(23)25/h5-8,13-14H,4,9-12H2,1-3H3. The molecule has 0 spiro atoms. The summed E-state index contributed by atoms with van der Waals surface area (Å²) in [4.78, 5) is 58.3. The number of urea groups is 1. The summed E-state index contributed by atoms with van der Waals surface area (Å²) >= 11 is 0. The molecule has 0 radical (unpaired) electrons. The fourth-order valence-corrected chi connectivity index (χ4v) is 3.62. The van der Waals surface area contributed by atoms with Crippen molar-refractivity contribution in [3.05, 3.63) is 35.4 Å². The number of nitrogens with zero attached hydrogens (tertiary/aromatic N) is 3. The predicted octanol–water partition coefficient (Wildman–Crippen LogP) is 2.30. The van der Waals surface area contributed by atoms with Gasteiger partial charge in [0.1, 0.15) is 0 Å². The number of imide groups is 1. The molecule has 0 saturated carbocycles. The lowest BCUT2D eigenvalue weighted by Crippen LogP contribution is -2.50. The van der Waals surface area contributed by atoms with E-state index in [-0.39, 0.29) is 23.2 Å². The fourth-order valence-electron chi connectivity index (χ4n) is 3.62. The van der Waals surface area contributed by atoms with Gasteiger partial charge in [-0.15, -0.1) is 0 Å². The summed E-state index contributed by atoms with van der Waals surface area (Å²) < 4.78 is 0. The summed E-state index contributed by atoms with van der Waals surface area (Å²) in [5.41, 5.74) is 0.461. The highest BCUT2D eigenvalue weighted by Crippen LogP contribution is 2.25. The number of carbonyl (C=O) groups is 4. The van der Waals surface area contributed by atoms with Gasteiger partial charge in [-0.05, 0) is 45.7 Å². The fraction of sp³-hybridized carbons (Fsp3) is 0.500. The van der Waals surface area contributed by atoms with Crippen LogP contribution in [0, 0.1) is 5.92 Å². The molecule has 2 aliphatic rings. The van der Waals surface area contributed by atoms with Crippen LogP contribution in [-0.2, 0) is 9.63 Å². The number of carbonyl (C=O) groups excluding carboxylic acids is 4. The Hall–Kier alpha value is -2.90. The largest absolute Gasteiger partial charge is 0.336 e. The van der Waals surface area contributed by atoms with E-state index in [0.717, 1.165) is 0 Å². The van der Waals surface area contributed by atoms with Crippen LogP contribution >= 0.6 is 0 Å². The molecule has 0 N–H and O–H groups in total. The Kier molecular flexibility index (Phi) is 5.67. The van der Waals surface area contributed by atoms with E-state index in [1.165, 1.54) is 12.1 Å². The first-order valence-corrected chi connectivity index (χ1v) is 9.60. The third-order valence-corrected chi connectivity index (χ3v) is 5.25. The Morgan fingerprint density at radius 1 is 1.11 bits per heavy atom. The average Bonchev–Trinajstić information content (AvgIpc) is 2.93. The molecule has 0 aromatic heterocycles. The Morgan fingerprint density at radius 2 is 1.64 bits per heavy atom. The quantitative estimate of drug-likeness (QED) is 0.740. The van der Waals surface area contributed by atoms with Gasteiger partial charge in [-0.1, -0.05) is 17.2 Å². The van der Waals surface area contributed by atoms with Gasteiger partial charge < -0.3 is 14.6 Å². The predicted molar refractivity (Wildman–Crippen MR) is 100 cm³/mol. The first kappa shape index (κ1) is 19.9. The lowest BCUT2D eigenvalue weighted by Gasteiger charge is -2.36. The second-order valence-corrected chi connectivity index (χ2v) is 7.28. The van der Waals surface area contributed by atoms with Crippen LogP contribution in [0.2, 0.25) is 0 Å². The van der Waals surface area contributed by atoms with Gasteiger partial charge in [0.15, 0.2) is 0 Å². The number of benzene rings is 1. The van der Waals surface area contributed by atoms with Crippen LogP contribution in [-0.4, -0.2) is 64.4 Å². The minimum Gasteiger partial charge on any atom is -0.329 e. The van der Waals surface area contributed by atoms with Crippen LogP contribution in [0.15, 0.2) is 24.3 Å².